The van der Waals surface area contributed by atoms with E-state index in [0.717, 1.165) is 30.9 Å². The van der Waals surface area contributed by atoms with Crippen molar-refractivity contribution < 1.29 is 4.74 Å². The van der Waals surface area contributed by atoms with Crippen LogP contribution in [0.4, 0.5) is 0 Å². The molecule has 0 unspecified atom stereocenters. The van der Waals surface area contributed by atoms with E-state index >= 15 is 0 Å². The van der Waals surface area contributed by atoms with Crippen LogP contribution in [0.3, 0.4) is 0 Å². The predicted octanol–water partition coefficient (Wildman–Crippen LogP) is 1.05. The van der Waals surface area contributed by atoms with Gasteiger partial charge in [0.05, 0.1) is 11.8 Å². The molecule has 0 spiro atoms. The highest BCUT2D eigenvalue weighted by Crippen LogP contribution is 2.22. The molecule has 0 saturated heterocycles. The molecule has 4 heteroatoms. The maximum absolute atomic E-state index is 5.22. The highest BCUT2D eigenvalue weighted by Gasteiger charge is 2.28. The van der Waals surface area contributed by atoms with Crippen LogP contribution in [0, 0.1) is 6.92 Å². The second-order valence-electron chi connectivity index (χ2n) is 4.00. The highest BCUT2D eigenvalue weighted by atomic mass is 16.5. The van der Waals surface area contributed by atoms with Gasteiger partial charge in [-0.2, -0.15) is 0 Å². The fraction of sp³-hybridized carbons (Fsp3) is 0.636. The fourth-order valence-electron chi connectivity index (χ4n) is 1.78. The summed E-state index contributed by atoms with van der Waals surface area (Å²) >= 11 is 0. The van der Waals surface area contributed by atoms with Crippen molar-refractivity contribution >= 4 is 0 Å². The van der Waals surface area contributed by atoms with E-state index in [1.165, 1.54) is 0 Å². The van der Waals surface area contributed by atoms with E-state index in [1.54, 1.807) is 13.3 Å². The molecule has 1 saturated carbocycles. The molecule has 0 aliphatic heterocycles. The average Bonchev–Trinajstić information content (AvgIpc) is 2.16. The van der Waals surface area contributed by atoms with Crippen LogP contribution in [0.2, 0.25) is 0 Å². The van der Waals surface area contributed by atoms with Gasteiger partial charge in [-0.15, -0.1) is 0 Å². The lowest BCUT2D eigenvalue weighted by Crippen LogP contribution is -2.44. The smallest absolute Gasteiger partial charge is 0.125 e. The fourth-order valence-corrected chi connectivity index (χ4v) is 1.78. The molecule has 0 bridgehead atoms. The zero-order valence-corrected chi connectivity index (χ0v) is 9.23. The van der Waals surface area contributed by atoms with Gasteiger partial charge >= 0.3 is 0 Å². The van der Waals surface area contributed by atoms with Crippen LogP contribution in [-0.2, 0) is 11.3 Å². The minimum Gasteiger partial charge on any atom is -0.381 e. The van der Waals surface area contributed by atoms with Gasteiger partial charge in [0.2, 0.25) is 0 Å². The van der Waals surface area contributed by atoms with Crippen molar-refractivity contribution in [3.63, 3.8) is 0 Å². The molecule has 1 heterocycles. The first-order valence-corrected chi connectivity index (χ1v) is 5.32. The van der Waals surface area contributed by atoms with Crippen molar-refractivity contribution in [1.29, 1.82) is 0 Å². The third-order valence-corrected chi connectivity index (χ3v) is 2.83. The Hall–Kier alpha value is -1.00. The molecular formula is C11H17N3O. The van der Waals surface area contributed by atoms with Gasteiger partial charge in [-0.05, 0) is 25.8 Å². The molecule has 4 nitrogen and oxygen atoms in total. The summed E-state index contributed by atoms with van der Waals surface area (Å²) in [5.74, 6) is 0.831. The summed E-state index contributed by atoms with van der Waals surface area (Å²) in [6.45, 7) is 2.73. The molecule has 82 valence electrons. The minimum absolute atomic E-state index is 0.453. The number of aryl methyl sites for hydroxylation is 1. The van der Waals surface area contributed by atoms with Gasteiger partial charge in [-0.1, -0.05) is 0 Å². The van der Waals surface area contributed by atoms with Gasteiger partial charge in [-0.3, -0.25) is 0 Å². The number of nitrogens with one attached hydrogen (secondary N) is 1. The maximum Gasteiger partial charge on any atom is 0.125 e. The number of methoxy groups -OCH3 is 1. The van der Waals surface area contributed by atoms with E-state index in [4.69, 9.17) is 4.74 Å². The highest BCUT2D eigenvalue weighted by molar-refractivity contribution is 5.02. The van der Waals surface area contributed by atoms with E-state index in [9.17, 15) is 0 Å². The van der Waals surface area contributed by atoms with Gasteiger partial charge < -0.3 is 10.1 Å². The Bertz CT molecular complexity index is 323. The van der Waals surface area contributed by atoms with Crippen molar-refractivity contribution in [3.05, 3.63) is 23.8 Å². The van der Waals surface area contributed by atoms with Gasteiger partial charge in [0.15, 0.2) is 0 Å². The standard InChI is InChI=1S/C11H17N3O/c1-8-12-4-3-9(14-8)7-13-10-5-11(6-10)15-2/h3-4,10-11,13H,5-7H2,1-2H3. The van der Waals surface area contributed by atoms with Crippen LogP contribution in [0.5, 0.6) is 0 Å². The Labute approximate surface area is 90.1 Å². The molecule has 1 aliphatic carbocycles. The number of hydrogen-bond donors (Lipinski definition) is 1. The van der Waals surface area contributed by atoms with Crippen molar-refractivity contribution in [2.75, 3.05) is 7.11 Å². The van der Waals surface area contributed by atoms with Crippen LogP contribution >= 0.6 is 0 Å². The van der Waals surface area contributed by atoms with Crippen LogP contribution < -0.4 is 5.32 Å². The molecule has 1 aromatic heterocycles. The monoisotopic (exact) mass is 207 g/mol. The second-order valence-corrected chi connectivity index (χ2v) is 4.00. The average molecular weight is 207 g/mol. The lowest BCUT2D eigenvalue weighted by Gasteiger charge is -2.34. The first kappa shape index (κ1) is 10.5. The van der Waals surface area contributed by atoms with Crippen molar-refractivity contribution in [2.24, 2.45) is 0 Å². The zero-order valence-electron chi connectivity index (χ0n) is 9.23. The molecule has 2 rings (SSSR count). The molecule has 1 fully saturated rings. The summed E-state index contributed by atoms with van der Waals surface area (Å²) in [6, 6.07) is 2.54. The largest absolute Gasteiger partial charge is 0.381 e. The van der Waals surface area contributed by atoms with E-state index < -0.39 is 0 Å². The normalized spacial score (nSPS) is 24.9. The lowest BCUT2D eigenvalue weighted by atomic mass is 9.89. The minimum atomic E-state index is 0.453. The van der Waals surface area contributed by atoms with E-state index in [-0.39, 0.29) is 0 Å². The molecule has 1 N–H and O–H groups in total. The molecule has 0 aromatic carbocycles. The van der Waals surface area contributed by atoms with Crippen molar-refractivity contribution in [1.82, 2.24) is 15.3 Å². The van der Waals surface area contributed by atoms with Gasteiger partial charge in [0.1, 0.15) is 5.82 Å². The number of nitrogens with zero attached hydrogens (tertiary/aromatic N) is 2. The Morgan fingerprint density at radius 1 is 1.53 bits per heavy atom. The Morgan fingerprint density at radius 2 is 2.33 bits per heavy atom. The van der Waals surface area contributed by atoms with E-state index in [0.29, 0.717) is 12.1 Å². The first-order valence-electron chi connectivity index (χ1n) is 5.32. The third kappa shape index (κ3) is 2.73. The Balaban J connectivity index is 1.75. The zero-order chi connectivity index (χ0) is 10.7. The summed E-state index contributed by atoms with van der Waals surface area (Å²) in [5, 5.41) is 3.46. The van der Waals surface area contributed by atoms with Crippen LogP contribution in [0.15, 0.2) is 12.3 Å². The molecule has 0 atom stereocenters. The number of hydrogen-bond acceptors (Lipinski definition) is 4. The lowest BCUT2D eigenvalue weighted by molar-refractivity contribution is 0.0169. The molecule has 0 amide bonds. The molecule has 15 heavy (non-hydrogen) atoms. The van der Waals surface area contributed by atoms with Gasteiger partial charge in [-0.25, -0.2) is 9.97 Å². The summed E-state index contributed by atoms with van der Waals surface area (Å²) in [7, 11) is 1.77. The van der Waals surface area contributed by atoms with Crippen molar-refractivity contribution in [2.45, 2.75) is 38.5 Å². The summed E-state index contributed by atoms with van der Waals surface area (Å²) in [4.78, 5) is 8.41. The molecule has 1 aliphatic rings. The van der Waals surface area contributed by atoms with Crippen LogP contribution in [0.25, 0.3) is 0 Å². The molecule has 0 radical (unpaired) electrons. The SMILES string of the molecule is COC1CC(NCc2ccnc(C)n2)C1. The summed E-state index contributed by atoms with van der Waals surface area (Å²) < 4.78 is 5.22. The Kier molecular flexibility index (Phi) is 3.28. The number of ether oxygens (including phenoxy) is 1. The van der Waals surface area contributed by atoms with E-state index in [2.05, 4.69) is 15.3 Å². The third-order valence-electron chi connectivity index (χ3n) is 2.83. The van der Waals surface area contributed by atoms with E-state index in [1.807, 2.05) is 13.0 Å². The van der Waals surface area contributed by atoms with Crippen molar-refractivity contribution in [3.8, 4) is 0 Å². The first-order chi connectivity index (χ1) is 7.28. The van der Waals surface area contributed by atoms with Gasteiger partial charge in [0, 0.05) is 25.9 Å². The van der Waals surface area contributed by atoms with Crippen LogP contribution in [0.1, 0.15) is 24.4 Å². The Morgan fingerprint density at radius 3 is 3.00 bits per heavy atom. The predicted molar refractivity (Wildman–Crippen MR) is 57.4 cm³/mol. The molecular weight excluding hydrogens is 190 g/mol. The topological polar surface area (TPSA) is 47.0 Å². The summed E-state index contributed by atoms with van der Waals surface area (Å²) in [6.07, 6.45) is 4.48. The number of aromatic nitrogens is 2. The van der Waals surface area contributed by atoms with Crippen LogP contribution in [-0.4, -0.2) is 29.2 Å². The molecule has 1 aromatic rings. The summed E-state index contributed by atoms with van der Waals surface area (Å²) in [5.41, 5.74) is 1.06. The maximum atomic E-state index is 5.22. The quantitative estimate of drug-likeness (QED) is 0.801. The second kappa shape index (κ2) is 4.68. The number of rotatable bonds is 4. The van der Waals surface area contributed by atoms with Gasteiger partial charge in [0.25, 0.3) is 0 Å².